The van der Waals surface area contributed by atoms with Crippen molar-refractivity contribution in [2.75, 3.05) is 36.4 Å². The number of nitrogens with zero attached hydrogens (tertiary/aromatic N) is 4. The van der Waals surface area contributed by atoms with Gasteiger partial charge in [0.15, 0.2) is 0 Å². The molecule has 3 rings (SSSR count). The van der Waals surface area contributed by atoms with E-state index < -0.39 is 0 Å². The van der Waals surface area contributed by atoms with Gasteiger partial charge in [-0.1, -0.05) is 17.7 Å². The summed E-state index contributed by atoms with van der Waals surface area (Å²) < 4.78 is 0. The van der Waals surface area contributed by atoms with Gasteiger partial charge in [-0.25, -0.2) is 4.98 Å². The Morgan fingerprint density at radius 3 is 2.68 bits per heavy atom. The van der Waals surface area contributed by atoms with Gasteiger partial charge in [0.2, 0.25) is 5.91 Å². The van der Waals surface area contributed by atoms with Crippen molar-refractivity contribution in [1.29, 1.82) is 0 Å². The molecule has 2 aromatic rings. The van der Waals surface area contributed by atoms with Gasteiger partial charge in [0, 0.05) is 49.3 Å². The van der Waals surface area contributed by atoms with Crippen LogP contribution in [-0.2, 0) is 4.79 Å². The number of hydrogen-bond donors (Lipinski definition) is 1. The molecule has 1 aromatic heterocycles. The average molecular weight is 360 g/mol. The first kappa shape index (κ1) is 17.6. The number of amides is 1. The molecule has 1 aromatic carbocycles. The summed E-state index contributed by atoms with van der Waals surface area (Å²) in [6.07, 6.45) is 5.14. The number of halogens is 1. The van der Waals surface area contributed by atoms with Gasteiger partial charge < -0.3 is 10.2 Å². The van der Waals surface area contributed by atoms with Crippen molar-refractivity contribution < 1.29 is 4.79 Å². The lowest BCUT2D eigenvalue weighted by atomic mass is 10.1. The quantitative estimate of drug-likeness (QED) is 0.909. The zero-order chi connectivity index (χ0) is 17.8. The molecule has 1 saturated heterocycles. The van der Waals surface area contributed by atoms with E-state index in [1.165, 1.54) is 0 Å². The molecule has 1 fully saturated rings. The lowest BCUT2D eigenvalue weighted by Gasteiger charge is -2.37. The predicted molar refractivity (Wildman–Crippen MR) is 100 cm³/mol. The van der Waals surface area contributed by atoms with Crippen molar-refractivity contribution >= 4 is 29.0 Å². The first-order chi connectivity index (χ1) is 12.0. The van der Waals surface area contributed by atoms with E-state index in [0.717, 1.165) is 43.2 Å². The van der Waals surface area contributed by atoms with Crippen LogP contribution in [0.4, 0.5) is 11.5 Å². The third kappa shape index (κ3) is 4.27. The molecule has 1 atom stereocenters. The molecule has 1 aliphatic rings. The second kappa shape index (κ2) is 7.80. The molecule has 25 heavy (non-hydrogen) atoms. The SMILES string of the molecule is Cc1ccc(Cl)cc1NC(=O)C(C)N1CCN(c2cnccn2)CC1. The van der Waals surface area contributed by atoms with E-state index >= 15 is 0 Å². The van der Waals surface area contributed by atoms with Crippen LogP contribution in [0.5, 0.6) is 0 Å². The zero-order valence-electron chi connectivity index (χ0n) is 14.4. The first-order valence-electron chi connectivity index (χ1n) is 8.36. The number of aromatic nitrogens is 2. The van der Waals surface area contributed by atoms with Gasteiger partial charge in [0.1, 0.15) is 5.82 Å². The van der Waals surface area contributed by atoms with E-state index in [1.54, 1.807) is 24.7 Å². The number of nitrogens with one attached hydrogen (secondary N) is 1. The topological polar surface area (TPSA) is 61.4 Å². The molecule has 1 N–H and O–H groups in total. The van der Waals surface area contributed by atoms with E-state index in [1.807, 2.05) is 26.0 Å². The summed E-state index contributed by atoms with van der Waals surface area (Å²) in [5, 5.41) is 3.61. The van der Waals surface area contributed by atoms with Crippen molar-refractivity contribution in [1.82, 2.24) is 14.9 Å². The summed E-state index contributed by atoms with van der Waals surface area (Å²) in [6, 6.07) is 5.31. The summed E-state index contributed by atoms with van der Waals surface area (Å²) in [5.41, 5.74) is 1.76. The van der Waals surface area contributed by atoms with E-state index in [9.17, 15) is 4.79 Å². The lowest BCUT2D eigenvalue weighted by Crippen LogP contribution is -2.53. The van der Waals surface area contributed by atoms with Gasteiger partial charge in [-0.3, -0.25) is 14.7 Å². The Morgan fingerprint density at radius 2 is 2.00 bits per heavy atom. The molecule has 6 nitrogen and oxygen atoms in total. The van der Waals surface area contributed by atoms with Crippen molar-refractivity contribution in [3.05, 3.63) is 47.4 Å². The largest absolute Gasteiger partial charge is 0.353 e. The Labute approximate surface area is 152 Å². The highest BCUT2D eigenvalue weighted by Crippen LogP contribution is 2.21. The Hall–Kier alpha value is -2.18. The molecule has 1 aliphatic heterocycles. The highest BCUT2D eigenvalue weighted by molar-refractivity contribution is 6.31. The molecular formula is C18H22ClN5O. The second-order valence-corrected chi connectivity index (χ2v) is 6.65. The van der Waals surface area contributed by atoms with Crippen LogP contribution < -0.4 is 10.2 Å². The molecule has 0 saturated carbocycles. The maximum absolute atomic E-state index is 12.6. The second-order valence-electron chi connectivity index (χ2n) is 6.21. The third-order valence-corrected chi connectivity index (χ3v) is 4.81. The zero-order valence-corrected chi connectivity index (χ0v) is 15.2. The fourth-order valence-corrected chi connectivity index (χ4v) is 3.10. The minimum atomic E-state index is -0.206. The van der Waals surface area contributed by atoms with Gasteiger partial charge >= 0.3 is 0 Å². The first-order valence-corrected chi connectivity index (χ1v) is 8.74. The number of anilines is 2. The van der Waals surface area contributed by atoms with Gasteiger partial charge in [-0.15, -0.1) is 0 Å². The Balaban J connectivity index is 1.57. The molecular weight excluding hydrogens is 338 g/mol. The van der Waals surface area contributed by atoms with Crippen molar-refractivity contribution in [2.24, 2.45) is 0 Å². The van der Waals surface area contributed by atoms with Crippen molar-refractivity contribution in [3.8, 4) is 0 Å². The third-order valence-electron chi connectivity index (χ3n) is 4.57. The summed E-state index contributed by atoms with van der Waals surface area (Å²) >= 11 is 6.02. The summed E-state index contributed by atoms with van der Waals surface area (Å²) in [5.74, 6) is 0.868. The van der Waals surface area contributed by atoms with Crippen LogP contribution in [-0.4, -0.2) is 53.0 Å². The molecule has 2 heterocycles. The van der Waals surface area contributed by atoms with Gasteiger partial charge in [0.25, 0.3) is 0 Å². The number of piperazine rings is 1. The molecule has 0 spiro atoms. The average Bonchev–Trinajstić information content (AvgIpc) is 2.65. The molecule has 0 radical (unpaired) electrons. The van der Waals surface area contributed by atoms with Gasteiger partial charge in [-0.05, 0) is 31.5 Å². The minimum absolute atomic E-state index is 0.0154. The predicted octanol–water partition coefficient (Wildman–Crippen LogP) is 2.59. The van der Waals surface area contributed by atoms with Gasteiger partial charge in [-0.2, -0.15) is 0 Å². The van der Waals surface area contributed by atoms with Crippen molar-refractivity contribution in [2.45, 2.75) is 19.9 Å². The van der Waals surface area contributed by atoms with E-state index in [4.69, 9.17) is 11.6 Å². The Morgan fingerprint density at radius 1 is 1.24 bits per heavy atom. The summed E-state index contributed by atoms with van der Waals surface area (Å²) in [4.78, 5) is 25.4. The number of hydrogen-bond acceptors (Lipinski definition) is 5. The maximum Gasteiger partial charge on any atom is 0.241 e. The molecule has 7 heteroatoms. The van der Waals surface area contributed by atoms with Crippen LogP contribution in [0.1, 0.15) is 12.5 Å². The number of benzene rings is 1. The monoisotopic (exact) mass is 359 g/mol. The van der Waals surface area contributed by atoms with Crippen LogP contribution in [0, 0.1) is 6.92 Å². The molecule has 1 unspecified atom stereocenters. The van der Waals surface area contributed by atoms with Crippen molar-refractivity contribution in [3.63, 3.8) is 0 Å². The summed E-state index contributed by atoms with van der Waals surface area (Å²) in [6.45, 7) is 7.15. The Kier molecular flexibility index (Phi) is 5.50. The smallest absolute Gasteiger partial charge is 0.241 e. The van der Waals surface area contributed by atoms with Gasteiger partial charge in [0.05, 0.1) is 12.2 Å². The van der Waals surface area contributed by atoms with Crippen LogP contribution in [0.25, 0.3) is 0 Å². The molecule has 0 aliphatic carbocycles. The maximum atomic E-state index is 12.6. The highest BCUT2D eigenvalue weighted by Gasteiger charge is 2.26. The fraction of sp³-hybridized carbons (Fsp3) is 0.389. The van der Waals surface area contributed by atoms with Crippen LogP contribution >= 0.6 is 11.6 Å². The number of carbonyl (C=O) groups is 1. The highest BCUT2D eigenvalue weighted by atomic mass is 35.5. The van der Waals surface area contributed by atoms with Crippen LogP contribution in [0.2, 0.25) is 5.02 Å². The molecule has 132 valence electrons. The van der Waals surface area contributed by atoms with Crippen LogP contribution in [0.15, 0.2) is 36.8 Å². The number of carbonyl (C=O) groups excluding carboxylic acids is 1. The van der Waals surface area contributed by atoms with E-state index in [0.29, 0.717) is 5.02 Å². The standard InChI is InChI=1S/C18H22ClN5O/c1-13-3-4-15(19)11-16(13)22-18(25)14(2)23-7-9-24(10-8-23)17-12-20-5-6-21-17/h3-6,11-12,14H,7-10H2,1-2H3,(H,22,25). The fourth-order valence-electron chi connectivity index (χ4n) is 2.92. The summed E-state index contributed by atoms with van der Waals surface area (Å²) in [7, 11) is 0. The number of aryl methyl sites for hydroxylation is 1. The number of rotatable bonds is 4. The Bertz CT molecular complexity index is 732. The molecule has 0 bridgehead atoms. The molecule has 1 amide bonds. The van der Waals surface area contributed by atoms with E-state index in [2.05, 4.69) is 25.1 Å². The van der Waals surface area contributed by atoms with Crippen LogP contribution in [0.3, 0.4) is 0 Å². The normalized spacial score (nSPS) is 16.5. The van der Waals surface area contributed by atoms with E-state index in [-0.39, 0.29) is 11.9 Å². The minimum Gasteiger partial charge on any atom is -0.353 e. The lowest BCUT2D eigenvalue weighted by molar-refractivity contribution is -0.120.